The second-order valence-electron chi connectivity index (χ2n) is 6.54. The van der Waals surface area contributed by atoms with Crippen molar-refractivity contribution in [2.45, 2.75) is 45.6 Å². The van der Waals surface area contributed by atoms with Crippen molar-refractivity contribution in [2.75, 3.05) is 7.11 Å². The molecule has 1 aliphatic carbocycles. The molecule has 0 aromatic heterocycles. The third-order valence-electron chi connectivity index (χ3n) is 4.50. The van der Waals surface area contributed by atoms with Crippen molar-refractivity contribution >= 4 is 0 Å². The highest BCUT2D eigenvalue weighted by atomic mass is 19.1. The maximum atomic E-state index is 14.2. The van der Waals surface area contributed by atoms with Gasteiger partial charge in [-0.25, -0.2) is 4.39 Å². The molecule has 1 aromatic carbocycles. The van der Waals surface area contributed by atoms with Crippen LogP contribution in [0.1, 0.15) is 45.6 Å². The molecule has 1 saturated carbocycles. The molecule has 2 rings (SSSR count). The van der Waals surface area contributed by atoms with E-state index < -0.39 is 5.60 Å². The molecule has 2 unspecified atom stereocenters. The van der Waals surface area contributed by atoms with E-state index in [4.69, 9.17) is 4.74 Å². The zero-order valence-electron chi connectivity index (χ0n) is 12.2. The predicted octanol–water partition coefficient (Wildman–Crippen LogP) is 3.87. The summed E-state index contributed by atoms with van der Waals surface area (Å²) in [6.45, 7) is 6.41. The fourth-order valence-electron chi connectivity index (χ4n) is 3.25. The van der Waals surface area contributed by atoms with Crippen molar-refractivity contribution in [2.24, 2.45) is 11.3 Å². The molecule has 0 bridgehead atoms. The van der Waals surface area contributed by atoms with E-state index in [-0.39, 0.29) is 17.2 Å². The van der Waals surface area contributed by atoms with E-state index >= 15 is 0 Å². The first-order chi connectivity index (χ1) is 8.78. The van der Waals surface area contributed by atoms with Gasteiger partial charge in [0.1, 0.15) is 11.6 Å². The van der Waals surface area contributed by atoms with Crippen LogP contribution in [0.2, 0.25) is 0 Å². The van der Waals surface area contributed by atoms with Crippen molar-refractivity contribution < 1.29 is 14.2 Å². The maximum absolute atomic E-state index is 14.2. The number of methoxy groups -OCH3 is 1. The summed E-state index contributed by atoms with van der Waals surface area (Å²) in [5.41, 5.74) is -0.447. The van der Waals surface area contributed by atoms with E-state index in [0.29, 0.717) is 17.7 Å². The Kier molecular flexibility index (Phi) is 3.61. The number of rotatable bonds is 2. The summed E-state index contributed by atoms with van der Waals surface area (Å²) in [5.74, 6) is 0.140. The van der Waals surface area contributed by atoms with Crippen LogP contribution in [0.15, 0.2) is 18.2 Å². The highest BCUT2D eigenvalue weighted by Crippen LogP contribution is 2.49. The van der Waals surface area contributed by atoms with Crippen molar-refractivity contribution in [3.8, 4) is 5.75 Å². The number of benzene rings is 1. The summed E-state index contributed by atoms with van der Waals surface area (Å²) < 4.78 is 19.2. The zero-order valence-corrected chi connectivity index (χ0v) is 12.2. The zero-order chi connectivity index (χ0) is 14.3. The number of aliphatic hydroxyl groups is 1. The van der Waals surface area contributed by atoms with Crippen LogP contribution in [-0.4, -0.2) is 12.2 Å². The van der Waals surface area contributed by atoms with Gasteiger partial charge in [-0.3, -0.25) is 0 Å². The molecule has 1 fully saturated rings. The Morgan fingerprint density at radius 2 is 2.00 bits per heavy atom. The molecule has 3 heteroatoms. The van der Waals surface area contributed by atoms with Gasteiger partial charge >= 0.3 is 0 Å². The average Bonchev–Trinajstić information content (AvgIpc) is 2.34. The molecule has 106 valence electrons. The van der Waals surface area contributed by atoms with Crippen LogP contribution in [-0.2, 0) is 5.60 Å². The third-order valence-corrected chi connectivity index (χ3v) is 4.50. The van der Waals surface area contributed by atoms with Crippen LogP contribution >= 0.6 is 0 Å². The molecule has 0 saturated heterocycles. The molecule has 2 nitrogen and oxygen atoms in total. The Balaban J connectivity index is 2.35. The van der Waals surface area contributed by atoms with E-state index in [9.17, 15) is 9.50 Å². The quantitative estimate of drug-likeness (QED) is 0.880. The first kappa shape index (κ1) is 14.3. The minimum Gasteiger partial charge on any atom is -0.497 e. The number of halogens is 1. The second-order valence-corrected chi connectivity index (χ2v) is 6.54. The van der Waals surface area contributed by atoms with Crippen LogP contribution in [0.25, 0.3) is 0 Å². The largest absolute Gasteiger partial charge is 0.497 e. The monoisotopic (exact) mass is 266 g/mol. The molecular weight excluding hydrogens is 243 g/mol. The molecule has 0 radical (unpaired) electrons. The van der Waals surface area contributed by atoms with Gasteiger partial charge in [-0.15, -0.1) is 0 Å². The van der Waals surface area contributed by atoms with Crippen LogP contribution in [0, 0.1) is 17.2 Å². The number of hydrogen-bond donors (Lipinski definition) is 1. The highest BCUT2D eigenvalue weighted by Gasteiger charge is 2.44. The van der Waals surface area contributed by atoms with Gasteiger partial charge in [0.15, 0.2) is 0 Å². The van der Waals surface area contributed by atoms with Crippen molar-refractivity contribution in [3.63, 3.8) is 0 Å². The lowest BCUT2D eigenvalue weighted by Gasteiger charge is -2.45. The second kappa shape index (κ2) is 4.78. The van der Waals surface area contributed by atoms with Gasteiger partial charge in [-0.2, -0.15) is 0 Å². The Morgan fingerprint density at radius 3 is 2.53 bits per heavy atom. The van der Waals surface area contributed by atoms with Crippen LogP contribution < -0.4 is 4.74 Å². The first-order valence-corrected chi connectivity index (χ1v) is 6.85. The lowest BCUT2D eigenvalue weighted by Crippen LogP contribution is -2.42. The molecule has 0 heterocycles. The van der Waals surface area contributed by atoms with Gasteiger partial charge in [0, 0.05) is 11.6 Å². The van der Waals surface area contributed by atoms with E-state index in [2.05, 4.69) is 13.8 Å². The Labute approximate surface area is 114 Å². The maximum Gasteiger partial charge on any atom is 0.132 e. The van der Waals surface area contributed by atoms with Crippen LogP contribution in [0.5, 0.6) is 5.75 Å². The topological polar surface area (TPSA) is 29.5 Å². The molecule has 0 spiro atoms. The number of hydrogen-bond acceptors (Lipinski definition) is 2. The minimum atomic E-state index is -1.06. The van der Waals surface area contributed by atoms with Crippen molar-refractivity contribution in [3.05, 3.63) is 29.6 Å². The third kappa shape index (κ3) is 2.62. The molecule has 0 amide bonds. The SMILES string of the molecule is COc1ccc(C2(O)CCC(C)(C)CC2C)c(F)c1. The lowest BCUT2D eigenvalue weighted by molar-refractivity contribution is -0.0792. The Bertz CT molecular complexity index is 470. The first-order valence-electron chi connectivity index (χ1n) is 6.85. The molecule has 19 heavy (non-hydrogen) atoms. The van der Waals surface area contributed by atoms with Gasteiger partial charge in [-0.05, 0) is 42.7 Å². The van der Waals surface area contributed by atoms with Gasteiger partial charge < -0.3 is 9.84 Å². The fourth-order valence-corrected chi connectivity index (χ4v) is 3.25. The van der Waals surface area contributed by atoms with Gasteiger partial charge in [0.05, 0.1) is 12.7 Å². The Morgan fingerprint density at radius 1 is 1.32 bits per heavy atom. The van der Waals surface area contributed by atoms with E-state index in [1.54, 1.807) is 12.1 Å². The smallest absolute Gasteiger partial charge is 0.132 e. The molecular formula is C16H23FO2. The molecule has 0 aliphatic heterocycles. The van der Waals surface area contributed by atoms with Crippen LogP contribution in [0.3, 0.4) is 0 Å². The van der Waals surface area contributed by atoms with Crippen molar-refractivity contribution in [1.82, 2.24) is 0 Å². The minimum absolute atomic E-state index is 0.0409. The summed E-state index contributed by atoms with van der Waals surface area (Å²) in [5, 5.41) is 10.9. The normalized spacial score (nSPS) is 30.1. The summed E-state index contributed by atoms with van der Waals surface area (Å²) in [6.07, 6.45) is 2.40. The van der Waals surface area contributed by atoms with E-state index in [1.807, 2.05) is 6.92 Å². The van der Waals surface area contributed by atoms with E-state index in [0.717, 1.165) is 12.8 Å². The van der Waals surface area contributed by atoms with Gasteiger partial charge in [-0.1, -0.05) is 20.8 Å². The lowest BCUT2D eigenvalue weighted by atomic mass is 9.63. The van der Waals surface area contributed by atoms with Gasteiger partial charge in [0.25, 0.3) is 0 Å². The van der Waals surface area contributed by atoms with E-state index in [1.165, 1.54) is 13.2 Å². The molecule has 2 atom stereocenters. The summed E-state index contributed by atoms with van der Waals surface area (Å²) in [4.78, 5) is 0. The molecule has 1 aliphatic rings. The summed E-state index contributed by atoms with van der Waals surface area (Å²) >= 11 is 0. The highest BCUT2D eigenvalue weighted by molar-refractivity contribution is 5.33. The Hall–Kier alpha value is -1.09. The predicted molar refractivity (Wildman–Crippen MR) is 73.6 cm³/mol. The molecule has 1 aromatic rings. The average molecular weight is 266 g/mol. The van der Waals surface area contributed by atoms with Crippen LogP contribution in [0.4, 0.5) is 4.39 Å². The standard InChI is InChI=1S/C16H23FO2/c1-11-10-15(2,3)7-8-16(11,18)13-6-5-12(19-4)9-14(13)17/h5-6,9,11,18H,7-8,10H2,1-4H3. The van der Waals surface area contributed by atoms with Crippen molar-refractivity contribution in [1.29, 1.82) is 0 Å². The molecule has 1 N–H and O–H groups in total. The summed E-state index contributed by atoms with van der Waals surface area (Å²) in [7, 11) is 1.51. The van der Waals surface area contributed by atoms with Gasteiger partial charge in [0.2, 0.25) is 0 Å². The number of ether oxygens (including phenoxy) is 1. The fraction of sp³-hybridized carbons (Fsp3) is 0.625. The summed E-state index contributed by atoms with van der Waals surface area (Å²) in [6, 6.07) is 4.71.